The van der Waals surface area contributed by atoms with E-state index in [1.165, 1.54) is 26.1 Å². The number of carbonyl (C=O) groups is 3. The number of hydrogen-bond donors (Lipinski definition) is 2. The van der Waals surface area contributed by atoms with E-state index in [0.717, 1.165) is 10.4 Å². The Morgan fingerprint density at radius 2 is 1.77 bits per heavy atom. The number of benzene rings is 2. The fourth-order valence-corrected chi connectivity index (χ4v) is 3.87. The molecule has 0 spiro atoms. The summed E-state index contributed by atoms with van der Waals surface area (Å²) < 4.78 is 32.0. The summed E-state index contributed by atoms with van der Waals surface area (Å²) in [5.41, 5.74) is 0.194. The van der Waals surface area contributed by atoms with Crippen LogP contribution in [0, 0.1) is 0 Å². The molecule has 1 atom stereocenters. The van der Waals surface area contributed by atoms with Crippen LogP contribution in [0.4, 0.5) is 10.5 Å². The van der Waals surface area contributed by atoms with Crippen molar-refractivity contribution in [1.29, 1.82) is 0 Å². The zero-order valence-electron chi connectivity index (χ0n) is 17.1. The first kappa shape index (κ1) is 24.2. The number of sulfonamides is 1. The van der Waals surface area contributed by atoms with Crippen molar-refractivity contribution in [1.82, 2.24) is 10.6 Å². The number of nitrogens with one attached hydrogen (secondary N) is 2. The van der Waals surface area contributed by atoms with Crippen LogP contribution in [-0.2, 0) is 19.6 Å². The van der Waals surface area contributed by atoms with Crippen molar-refractivity contribution in [2.75, 3.05) is 17.9 Å². The molecule has 0 saturated heterocycles. The molecule has 0 saturated carbocycles. The number of para-hydroxylation sites is 1. The number of nitrogens with zero attached hydrogens (tertiary/aromatic N) is 1. The first-order valence-electron chi connectivity index (χ1n) is 9.21. The molecule has 31 heavy (non-hydrogen) atoms. The van der Waals surface area contributed by atoms with E-state index in [0.29, 0.717) is 12.2 Å². The number of imide groups is 1. The molecular weight excluding hydrogens is 446 g/mol. The van der Waals surface area contributed by atoms with Gasteiger partial charge in [0.15, 0.2) is 6.10 Å². The van der Waals surface area contributed by atoms with Crippen LogP contribution < -0.4 is 14.9 Å². The lowest BCUT2D eigenvalue weighted by Crippen LogP contribution is -2.44. The highest BCUT2D eigenvalue weighted by molar-refractivity contribution is 7.92. The fraction of sp³-hybridized carbons (Fsp3) is 0.250. The summed E-state index contributed by atoms with van der Waals surface area (Å²) in [4.78, 5) is 35.7. The highest BCUT2D eigenvalue weighted by Gasteiger charge is 2.26. The smallest absolute Gasteiger partial charge is 0.340 e. The Bertz CT molecular complexity index is 1080. The number of carbonyl (C=O) groups excluding carboxylic acids is 3. The standard InChI is InChI=1S/C20H22ClN3O6S/c1-4-22-20(27)23-18(25)13(2)30-19(26)16-12-15(10-11-17(16)21)31(28,29)24(3)14-8-6-5-7-9-14/h5-13H,4H2,1-3H3,(H2,22,23,25,27)/t13-/m0/s1. The maximum Gasteiger partial charge on any atom is 0.340 e. The van der Waals surface area contributed by atoms with Crippen molar-refractivity contribution in [3.05, 3.63) is 59.1 Å². The highest BCUT2D eigenvalue weighted by Crippen LogP contribution is 2.26. The summed E-state index contributed by atoms with van der Waals surface area (Å²) >= 11 is 6.05. The third-order valence-electron chi connectivity index (χ3n) is 4.16. The van der Waals surface area contributed by atoms with E-state index >= 15 is 0 Å². The van der Waals surface area contributed by atoms with Gasteiger partial charge in [-0.05, 0) is 44.2 Å². The second-order valence-corrected chi connectivity index (χ2v) is 8.72. The van der Waals surface area contributed by atoms with Gasteiger partial charge in [0.2, 0.25) is 0 Å². The van der Waals surface area contributed by atoms with Crippen LogP contribution in [0.15, 0.2) is 53.4 Å². The molecule has 2 aromatic rings. The first-order valence-corrected chi connectivity index (χ1v) is 11.0. The van der Waals surface area contributed by atoms with E-state index in [1.807, 2.05) is 5.32 Å². The fourth-order valence-electron chi connectivity index (χ4n) is 2.45. The monoisotopic (exact) mass is 467 g/mol. The van der Waals surface area contributed by atoms with Crippen molar-refractivity contribution in [2.24, 2.45) is 0 Å². The van der Waals surface area contributed by atoms with Gasteiger partial charge in [0.25, 0.3) is 15.9 Å². The van der Waals surface area contributed by atoms with Gasteiger partial charge >= 0.3 is 12.0 Å². The number of hydrogen-bond acceptors (Lipinski definition) is 6. The third kappa shape index (κ3) is 5.96. The lowest BCUT2D eigenvalue weighted by Gasteiger charge is -2.20. The van der Waals surface area contributed by atoms with Crippen molar-refractivity contribution in [3.63, 3.8) is 0 Å². The zero-order valence-corrected chi connectivity index (χ0v) is 18.7. The van der Waals surface area contributed by atoms with E-state index in [2.05, 4.69) is 5.32 Å². The van der Waals surface area contributed by atoms with Gasteiger partial charge in [0.1, 0.15) is 0 Å². The van der Waals surface area contributed by atoms with E-state index in [1.54, 1.807) is 37.3 Å². The quantitative estimate of drug-likeness (QED) is 0.603. The molecule has 0 unspecified atom stereocenters. The molecular formula is C20H22ClN3O6S. The van der Waals surface area contributed by atoms with E-state index in [4.69, 9.17) is 16.3 Å². The Kier molecular flexibility index (Phi) is 8.01. The molecule has 11 heteroatoms. The number of anilines is 1. The maximum absolute atomic E-state index is 13.0. The molecule has 0 aromatic heterocycles. The van der Waals surface area contributed by atoms with Crippen LogP contribution in [0.1, 0.15) is 24.2 Å². The molecule has 0 aliphatic carbocycles. The SMILES string of the molecule is CCNC(=O)NC(=O)[C@H](C)OC(=O)c1cc(S(=O)(=O)N(C)c2ccccc2)ccc1Cl. The van der Waals surface area contributed by atoms with Crippen molar-refractivity contribution in [2.45, 2.75) is 24.8 Å². The summed E-state index contributed by atoms with van der Waals surface area (Å²) in [6.07, 6.45) is -1.32. The average Bonchev–Trinajstić information content (AvgIpc) is 2.73. The largest absolute Gasteiger partial charge is 0.449 e. The van der Waals surface area contributed by atoms with Gasteiger partial charge in [-0.1, -0.05) is 29.8 Å². The Labute approximate surface area is 185 Å². The van der Waals surface area contributed by atoms with Crippen LogP contribution >= 0.6 is 11.6 Å². The van der Waals surface area contributed by atoms with Gasteiger partial charge in [-0.15, -0.1) is 0 Å². The van der Waals surface area contributed by atoms with Gasteiger partial charge in [-0.3, -0.25) is 14.4 Å². The number of urea groups is 1. The van der Waals surface area contributed by atoms with Crippen LogP contribution in [0.2, 0.25) is 5.02 Å². The van der Waals surface area contributed by atoms with E-state index < -0.39 is 34.0 Å². The summed E-state index contributed by atoms with van der Waals surface area (Å²) in [7, 11) is -2.62. The lowest BCUT2D eigenvalue weighted by molar-refractivity contribution is -0.127. The highest BCUT2D eigenvalue weighted by atomic mass is 35.5. The van der Waals surface area contributed by atoms with Crippen LogP contribution in [-0.4, -0.2) is 46.0 Å². The molecule has 0 aliphatic rings. The summed E-state index contributed by atoms with van der Waals surface area (Å²) in [6.45, 7) is 3.25. The molecule has 0 radical (unpaired) electrons. The molecule has 2 rings (SSSR count). The Balaban J connectivity index is 2.23. The van der Waals surface area contributed by atoms with Gasteiger partial charge in [-0.25, -0.2) is 18.0 Å². The molecule has 9 nitrogen and oxygen atoms in total. The van der Waals surface area contributed by atoms with E-state index in [9.17, 15) is 22.8 Å². The van der Waals surface area contributed by atoms with Crippen molar-refractivity contribution < 1.29 is 27.5 Å². The normalized spacial score (nSPS) is 11.9. The minimum atomic E-state index is -4.00. The summed E-state index contributed by atoms with van der Waals surface area (Å²) in [5, 5.41) is 4.34. The van der Waals surface area contributed by atoms with Crippen LogP contribution in [0.5, 0.6) is 0 Å². The minimum absolute atomic E-state index is 0.0531. The number of esters is 1. The van der Waals surface area contributed by atoms with Gasteiger partial charge in [0.05, 0.1) is 21.2 Å². The Morgan fingerprint density at radius 1 is 1.13 bits per heavy atom. The van der Waals surface area contributed by atoms with E-state index in [-0.39, 0.29) is 15.5 Å². The second-order valence-electron chi connectivity index (χ2n) is 6.35. The van der Waals surface area contributed by atoms with Gasteiger partial charge in [-0.2, -0.15) is 0 Å². The average molecular weight is 468 g/mol. The molecule has 0 bridgehead atoms. The second kappa shape index (κ2) is 10.3. The predicted molar refractivity (Wildman–Crippen MR) is 116 cm³/mol. The summed E-state index contributed by atoms with van der Waals surface area (Å²) in [5.74, 6) is -1.86. The van der Waals surface area contributed by atoms with Gasteiger partial charge < -0.3 is 10.1 Å². The van der Waals surface area contributed by atoms with Gasteiger partial charge in [0, 0.05) is 13.6 Å². The number of amides is 3. The predicted octanol–water partition coefficient (Wildman–Crippen LogP) is 2.56. The number of ether oxygens (including phenoxy) is 1. The minimum Gasteiger partial charge on any atom is -0.449 e. The Hall–Kier alpha value is -3.11. The maximum atomic E-state index is 13.0. The van der Waals surface area contributed by atoms with Crippen molar-refractivity contribution in [3.8, 4) is 0 Å². The molecule has 0 heterocycles. The lowest BCUT2D eigenvalue weighted by atomic mass is 10.2. The Morgan fingerprint density at radius 3 is 2.39 bits per heavy atom. The number of rotatable bonds is 7. The van der Waals surface area contributed by atoms with Crippen LogP contribution in [0.25, 0.3) is 0 Å². The number of halogens is 1. The molecule has 0 aliphatic heterocycles. The molecule has 166 valence electrons. The molecule has 3 amide bonds. The first-order chi connectivity index (χ1) is 14.6. The zero-order chi connectivity index (χ0) is 23.2. The molecule has 0 fully saturated rings. The van der Waals surface area contributed by atoms with Crippen LogP contribution in [0.3, 0.4) is 0 Å². The van der Waals surface area contributed by atoms with Crippen molar-refractivity contribution >= 4 is 45.2 Å². The molecule has 2 N–H and O–H groups in total. The third-order valence-corrected chi connectivity index (χ3v) is 6.27. The summed E-state index contributed by atoms with van der Waals surface area (Å²) in [6, 6.07) is 11.2. The topological polar surface area (TPSA) is 122 Å². The molecule has 2 aromatic carbocycles.